The summed E-state index contributed by atoms with van der Waals surface area (Å²) in [4.78, 5) is 0. The van der Waals surface area contributed by atoms with Crippen LogP contribution in [-0.2, 0) is 25.9 Å². The number of hydrogen-bond donors (Lipinski definition) is 1. The Bertz CT molecular complexity index is 1390. The van der Waals surface area contributed by atoms with Crippen LogP contribution in [0.25, 0.3) is 0 Å². The van der Waals surface area contributed by atoms with Crippen LogP contribution in [-0.4, -0.2) is 30.0 Å². The number of aryl methyl sites for hydroxylation is 4. The lowest BCUT2D eigenvalue weighted by molar-refractivity contribution is -0.696. The molecule has 2 atom stereocenters. The average molecular weight is 563 g/mol. The summed E-state index contributed by atoms with van der Waals surface area (Å²) in [6.07, 6.45) is 11.2. The second-order valence-corrected chi connectivity index (χ2v) is 15.0. The minimum atomic E-state index is -0.432. The van der Waals surface area contributed by atoms with Crippen molar-refractivity contribution in [2.75, 3.05) is 25.4 Å². The second kappa shape index (κ2) is 13.5. The van der Waals surface area contributed by atoms with Gasteiger partial charge in [-0.15, -0.1) is 0 Å². The molecule has 5 aromatic rings. The highest BCUT2D eigenvalue weighted by Gasteiger charge is 2.20. The van der Waals surface area contributed by atoms with Crippen molar-refractivity contribution in [1.29, 1.82) is 0 Å². The van der Waals surface area contributed by atoms with Gasteiger partial charge in [0.25, 0.3) is 0 Å². The first-order valence-electron chi connectivity index (χ1n) is 14.4. The average Bonchev–Trinajstić information content (AvgIpc) is 3.48. The molecule has 40 heavy (non-hydrogen) atoms. The summed E-state index contributed by atoms with van der Waals surface area (Å²) in [5, 5.41) is 9.89. The topological polar surface area (TPSA) is 20.8 Å². The summed E-state index contributed by atoms with van der Waals surface area (Å²) >= 11 is 0. The summed E-state index contributed by atoms with van der Waals surface area (Å²) in [5.74, 6) is 0. The Balaban J connectivity index is 1.33. The van der Waals surface area contributed by atoms with E-state index < -0.39 is 15.8 Å². The van der Waals surface area contributed by atoms with Gasteiger partial charge in [-0.3, -0.25) is 0 Å². The zero-order valence-electron chi connectivity index (χ0n) is 23.1. The van der Waals surface area contributed by atoms with Gasteiger partial charge in [-0.2, -0.15) is 0 Å². The van der Waals surface area contributed by atoms with E-state index in [4.69, 9.17) is 0 Å². The Morgan fingerprint density at radius 1 is 0.600 bits per heavy atom. The van der Waals surface area contributed by atoms with Crippen LogP contribution >= 0.6 is 15.8 Å². The molecule has 202 valence electrons. The number of nitrogens with one attached hydrogen (secondary N) is 1. The maximum atomic E-state index is 3.88. The van der Waals surface area contributed by atoms with Gasteiger partial charge in [0.2, 0.25) is 6.33 Å². The van der Waals surface area contributed by atoms with E-state index in [2.05, 4.69) is 142 Å². The van der Waals surface area contributed by atoms with E-state index in [1.54, 1.807) is 0 Å². The van der Waals surface area contributed by atoms with Crippen LogP contribution in [0.5, 0.6) is 0 Å². The van der Waals surface area contributed by atoms with E-state index >= 15 is 0 Å². The van der Waals surface area contributed by atoms with Gasteiger partial charge in [0, 0.05) is 12.8 Å². The molecule has 6 rings (SSSR count). The number of hydrogen-bond acceptors (Lipinski definition) is 1. The van der Waals surface area contributed by atoms with Crippen molar-refractivity contribution >= 4 is 37.1 Å². The lowest BCUT2D eigenvalue weighted by Gasteiger charge is -2.24. The van der Waals surface area contributed by atoms with Gasteiger partial charge in [-0.25, -0.2) is 9.13 Å². The van der Waals surface area contributed by atoms with Crippen LogP contribution in [0.3, 0.4) is 0 Å². The van der Waals surface area contributed by atoms with Gasteiger partial charge in [0.15, 0.2) is 0 Å². The highest BCUT2D eigenvalue weighted by molar-refractivity contribution is 7.73. The molecule has 1 aliphatic rings. The van der Waals surface area contributed by atoms with E-state index in [1.165, 1.54) is 32.3 Å². The standard InChI is InChI=1S/C35H38N3P2/c1-3-13-32(14-4-1)39-27-21-36-22-28-40(33-15-5-2-6-16-33)35-18-10-8-12-31(35)20-24-38-26-25-37(29-38)23-19-30-11-7-9-17-34(30)39/h1-18,25-26,29,36H,19-24,27-28H2/q+1/t39-,40-/m0/s1. The number of rotatable bonds is 2. The Kier molecular flexibility index (Phi) is 9.15. The number of nitrogens with zero attached hydrogens (tertiary/aromatic N) is 2. The lowest BCUT2D eigenvalue weighted by atomic mass is 10.1. The fraction of sp³-hybridized carbons (Fsp3) is 0.229. The van der Waals surface area contributed by atoms with Gasteiger partial charge >= 0.3 is 0 Å². The fourth-order valence-corrected chi connectivity index (χ4v) is 10.7. The van der Waals surface area contributed by atoms with Gasteiger partial charge in [0.05, 0.1) is 13.1 Å². The van der Waals surface area contributed by atoms with Crippen LogP contribution in [0.1, 0.15) is 11.1 Å². The van der Waals surface area contributed by atoms with Gasteiger partial charge in [0.1, 0.15) is 12.4 Å². The second-order valence-electron chi connectivity index (χ2n) is 10.4. The molecule has 0 fully saturated rings. The van der Waals surface area contributed by atoms with Gasteiger partial charge < -0.3 is 5.32 Å². The third kappa shape index (κ3) is 6.61. The molecular weight excluding hydrogens is 524 g/mol. The van der Waals surface area contributed by atoms with Crippen LogP contribution in [0.15, 0.2) is 128 Å². The van der Waals surface area contributed by atoms with E-state index in [0.717, 1.165) is 51.3 Å². The first-order chi connectivity index (χ1) is 19.8. The van der Waals surface area contributed by atoms with Crippen LogP contribution in [0.2, 0.25) is 0 Å². The minimum absolute atomic E-state index is 0.432. The monoisotopic (exact) mass is 562 g/mol. The van der Waals surface area contributed by atoms with Gasteiger partial charge in [-0.1, -0.05) is 109 Å². The molecule has 0 saturated carbocycles. The molecule has 5 heteroatoms. The van der Waals surface area contributed by atoms with Crippen molar-refractivity contribution in [3.8, 4) is 0 Å². The van der Waals surface area contributed by atoms with E-state index in [9.17, 15) is 0 Å². The maximum Gasteiger partial charge on any atom is 0.243 e. The first kappa shape index (κ1) is 27.1. The SMILES string of the molecule is c1ccc([P@]2CCNCC[P@@](c3ccccc3)c3ccccc3CC[n+]3ccn(c3)CCc3ccccc32)cc1. The van der Waals surface area contributed by atoms with Crippen LogP contribution in [0.4, 0.5) is 0 Å². The molecule has 1 aliphatic heterocycles. The van der Waals surface area contributed by atoms with Crippen molar-refractivity contribution < 1.29 is 4.57 Å². The molecule has 0 aliphatic carbocycles. The Labute approximate surface area is 241 Å². The van der Waals surface area contributed by atoms with Crippen molar-refractivity contribution in [3.63, 3.8) is 0 Å². The number of benzene rings is 4. The third-order valence-electron chi connectivity index (χ3n) is 7.75. The first-order valence-corrected chi connectivity index (χ1v) is 17.5. The molecule has 0 amide bonds. The number of aromatic nitrogens is 2. The fourth-order valence-electron chi connectivity index (χ4n) is 5.67. The molecule has 1 N–H and O–H groups in total. The molecule has 0 radical (unpaired) electrons. The molecule has 2 heterocycles. The molecule has 3 nitrogen and oxygen atoms in total. The maximum absolute atomic E-state index is 3.88. The summed E-state index contributed by atoms with van der Waals surface area (Å²) in [5.41, 5.74) is 2.97. The molecule has 0 saturated heterocycles. The Morgan fingerprint density at radius 3 is 1.73 bits per heavy atom. The molecule has 2 bridgehead atoms. The normalized spacial score (nSPS) is 18.6. The summed E-state index contributed by atoms with van der Waals surface area (Å²) in [7, 11) is -0.864. The minimum Gasteiger partial charge on any atom is -0.316 e. The molecule has 0 unspecified atom stereocenters. The lowest BCUT2D eigenvalue weighted by Crippen LogP contribution is -2.33. The zero-order valence-corrected chi connectivity index (χ0v) is 24.9. The highest BCUT2D eigenvalue weighted by atomic mass is 31.1. The smallest absolute Gasteiger partial charge is 0.243 e. The molecule has 4 aromatic carbocycles. The van der Waals surface area contributed by atoms with Crippen molar-refractivity contribution in [2.24, 2.45) is 0 Å². The predicted octanol–water partition coefficient (Wildman–Crippen LogP) is 4.73. The van der Waals surface area contributed by atoms with E-state index in [1.807, 2.05) is 0 Å². The number of fused-ring (bicyclic) bond motifs is 4. The zero-order chi connectivity index (χ0) is 27.0. The third-order valence-corrected chi connectivity index (χ3v) is 13.0. The molecule has 1 aromatic heterocycles. The largest absolute Gasteiger partial charge is 0.316 e. The van der Waals surface area contributed by atoms with E-state index in [-0.39, 0.29) is 0 Å². The van der Waals surface area contributed by atoms with Gasteiger partial charge in [-0.05, 0) is 73.6 Å². The molecular formula is C35H38N3P2+. The quantitative estimate of drug-likeness (QED) is 0.244. The van der Waals surface area contributed by atoms with Crippen LogP contribution in [0, 0.1) is 0 Å². The Hall–Kier alpha value is -3.09. The summed E-state index contributed by atoms with van der Waals surface area (Å²) < 4.78 is 4.71. The van der Waals surface area contributed by atoms with E-state index in [0.29, 0.717) is 0 Å². The summed E-state index contributed by atoms with van der Waals surface area (Å²) in [6, 6.07) is 40.7. The van der Waals surface area contributed by atoms with Crippen molar-refractivity contribution in [2.45, 2.75) is 25.9 Å². The van der Waals surface area contributed by atoms with Crippen molar-refractivity contribution in [3.05, 3.63) is 139 Å². The highest BCUT2D eigenvalue weighted by Crippen LogP contribution is 2.36. The Morgan fingerprint density at radius 2 is 1.12 bits per heavy atom. The number of imidazole rings is 1. The van der Waals surface area contributed by atoms with Crippen molar-refractivity contribution in [1.82, 2.24) is 9.88 Å². The molecule has 0 spiro atoms. The van der Waals surface area contributed by atoms with Crippen LogP contribution < -0.4 is 31.1 Å². The predicted molar refractivity (Wildman–Crippen MR) is 173 cm³/mol. The summed E-state index contributed by atoms with van der Waals surface area (Å²) in [6.45, 7) is 4.06.